The fourth-order valence-corrected chi connectivity index (χ4v) is 6.05. The van der Waals surface area contributed by atoms with Gasteiger partial charge in [0.25, 0.3) is 10.0 Å². The van der Waals surface area contributed by atoms with E-state index in [-0.39, 0.29) is 40.4 Å². The van der Waals surface area contributed by atoms with Crippen molar-refractivity contribution in [3.05, 3.63) is 88.2 Å². The van der Waals surface area contributed by atoms with Gasteiger partial charge in [-0.05, 0) is 85.5 Å². The summed E-state index contributed by atoms with van der Waals surface area (Å²) in [6, 6.07) is 14.5. The molecule has 0 saturated carbocycles. The van der Waals surface area contributed by atoms with Crippen LogP contribution in [0, 0.1) is 11.7 Å². The molecule has 0 spiro atoms. The lowest BCUT2D eigenvalue weighted by molar-refractivity contribution is -0.140. The number of hydrogen-bond acceptors (Lipinski definition) is 5. The van der Waals surface area contributed by atoms with Crippen molar-refractivity contribution in [2.75, 3.05) is 24.0 Å². The highest BCUT2D eigenvalue weighted by molar-refractivity contribution is 7.92. The van der Waals surface area contributed by atoms with Gasteiger partial charge < -0.3 is 15.0 Å². The van der Waals surface area contributed by atoms with Gasteiger partial charge in [0, 0.05) is 13.1 Å². The maximum Gasteiger partial charge on any atom is 0.264 e. The minimum Gasteiger partial charge on any atom is -0.494 e. The van der Waals surface area contributed by atoms with E-state index in [1.54, 1.807) is 25.1 Å². The molecule has 1 N–H and O–H groups in total. The maximum atomic E-state index is 14.1. The maximum absolute atomic E-state index is 14.1. The quantitative estimate of drug-likeness (QED) is 0.221. The van der Waals surface area contributed by atoms with E-state index in [9.17, 15) is 22.4 Å². The van der Waals surface area contributed by atoms with Crippen molar-refractivity contribution in [2.45, 2.75) is 51.6 Å². The molecule has 43 heavy (non-hydrogen) atoms. The average Bonchev–Trinajstić information content (AvgIpc) is 2.97. The van der Waals surface area contributed by atoms with Crippen LogP contribution in [0.1, 0.15) is 39.7 Å². The molecule has 3 aromatic rings. The van der Waals surface area contributed by atoms with Crippen LogP contribution < -0.4 is 14.4 Å². The second-order valence-corrected chi connectivity index (χ2v) is 12.9. The normalized spacial score (nSPS) is 12.1. The largest absolute Gasteiger partial charge is 0.494 e. The molecule has 0 bridgehead atoms. The summed E-state index contributed by atoms with van der Waals surface area (Å²) in [6.07, 6.45) is 0.263. The standard InChI is InChI=1S/C31H36Cl2FN3O5S/c1-5-29(31(39)35-18-21(3)4)36(19-22-7-16-27(32)28(33)17-22)30(38)20-37(24-10-8-23(34)9-11-24)43(40,41)26-14-12-25(13-15-26)42-6-2/h7-17,21,29H,5-6,18-20H2,1-4H3,(H,35,39)/t29-/m0/s1. The van der Waals surface area contributed by atoms with E-state index >= 15 is 0 Å². The van der Waals surface area contributed by atoms with Crippen molar-refractivity contribution < 1.29 is 27.1 Å². The Morgan fingerprint density at radius 3 is 2.16 bits per heavy atom. The Morgan fingerprint density at radius 2 is 1.60 bits per heavy atom. The number of hydrogen-bond donors (Lipinski definition) is 1. The first-order chi connectivity index (χ1) is 20.4. The molecule has 0 aliphatic carbocycles. The van der Waals surface area contributed by atoms with E-state index in [0.717, 1.165) is 16.4 Å². The molecule has 1 atom stereocenters. The molecule has 3 aromatic carbocycles. The van der Waals surface area contributed by atoms with Crippen LogP contribution in [-0.4, -0.2) is 50.9 Å². The summed E-state index contributed by atoms with van der Waals surface area (Å²) >= 11 is 12.3. The summed E-state index contributed by atoms with van der Waals surface area (Å²) < 4.78 is 48.1. The Bertz CT molecular complexity index is 1500. The molecule has 2 amide bonds. The van der Waals surface area contributed by atoms with Crippen molar-refractivity contribution in [3.63, 3.8) is 0 Å². The number of benzene rings is 3. The van der Waals surface area contributed by atoms with Gasteiger partial charge in [-0.3, -0.25) is 13.9 Å². The molecule has 0 radical (unpaired) electrons. The average molecular weight is 653 g/mol. The van der Waals surface area contributed by atoms with Crippen molar-refractivity contribution in [2.24, 2.45) is 5.92 Å². The molecule has 0 fully saturated rings. The van der Waals surface area contributed by atoms with Crippen molar-refractivity contribution >= 4 is 50.7 Å². The lowest BCUT2D eigenvalue weighted by Gasteiger charge is -2.33. The summed E-state index contributed by atoms with van der Waals surface area (Å²) in [5.74, 6) is -0.919. The van der Waals surface area contributed by atoms with E-state index < -0.39 is 34.3 Å². The second kappa shape index (κ2) is 15.4. The van der Waals surface area contributed by atoms with E-state index in [2.05, 4.69) is 5.32 Å². The highest BCUT2D eigenvalue weighted by Crippen LogP contribution is 2.28. The Labute approximate surface area is 262 Å². The molecule has 12 heteroatoms. The second-order valence-electron chi connectivity index (χ2n) is 10.2. The van der Waals surface area contributed by atoms with Crippen LogP contribution in [0.15, 0.2) is 71.6 Å². The van der Waals surface area contributed by atoms with Gasteiger partial charge in [0.05, 0.1) is 27.2 Å². The van der Waals surface area contributed by atoms with E-state index in [1.165, 1.54) is 41.3 Å². The zero-order chi connectivity index (χ0) is 31.7. The lowest BCUT2D eigenvalue weighted by Crippen LogP contribution is -2.52. The number of nitrogens with one attached hydrogen (secondary N) is 1. The van der Waals surface area contributed by atoms with Gasteiger partial charge in [-0.15, -0.1) is 0 Å². The van der Waals surface area contributed by atoms with Crippen LogP contribution >= 0.6 is 23.2 Å². The van der Waals surface area contributed by atoms with Crippen LogP contribution in [0.25, 0.3) is 0 Å². The number of halogens is 3. The first kappa shape index (κ1) is 34.2. The minimum atomic E-state index is -4.32. The number of carbonyl (C=O) groups excluding carboxylic acids is 2. The van der Waals surface area contributed by atoms with Crippen molar-refractivity contribution in [1.82, 2.24) is 10.2 Å². The molecule has 0 aliphatic heterocycles. The van der Waals surface area contributed by atoms with Gasteiger partial charge in [-0.25, -0.2) is 12.8 Å². The SMILES string of the molecule is CCOc1ccc(S(=O)(=O)N(CC(=O)N(Cc2ccc(Cl)c(Cl)c2)[C@@H](CC)C(=O)NCC(C)C)c2ccc(F)cc2)cc1. The zero-order valence-corrected chi connectivity index (χ0v) is 26.8. The molecule has 0 unspecified atom stereocenters. The number of sulfonamides is 1. The summed E-state index contributed by atoms with van der Waals surface area (Å²) in [4.78, 5) is 28.6. The summed E-state index contributed by atoms with van der Waals surface area (Å²) in [5.41, 5.74) is 0.677. The molecule has 232 valence electrons. The number of nitrogens with zero attached hydrogens (tertiary/aromatic N) is 2. The zero-order valence-electron chi connectivity index (χ0n) is 24.5. The molecular formula is C31H36Cl2FN3O5S. The van der Waals surface area contributed by atoms with Gasteiger partial charge in [-0.1, -0.05) is 50.0 Å². The lowest BCUT2D eigenvalue weighted by atomic mass is 10.1. The number of amides is 2. The molecule has 3 rings (SSSR count). The Morgan fingerprint density at radius 1 is 0.953 bits per heavy atom. The highest BCUT2D eigenvalue weighted by atomic mass is 35.5. The molecule has 0 aromatic heterocycles. The van der Waals surface area contributed by atoms with Gasteiger partial charge in [0.1, 0.15) is 24.2 Å². The predicted molar refractivity (Wildman–Crippen MR) is 167 cm³/mol. The van der Waals surface area contributed by atoms with Crippen LogP contribution in [-0.2, 0) is 26.2 Å². The summed E-state index contributed by atoms with van der Waals surface area (Å²) in [6.45, 7) is 7.59. The molecule has 0 heterocycles. The third-order valence-electron chi connectivity index (χ3n) is 6.52. The van der Waals surface area contributed by atoms with Crippen LogP contribution in [0.4, 0.5) is 10.1 Å². The van der Waals surface area contributed by atoms with Gasteiger partial charge in [0.15, 0.2) is 0 Å². The fraction of sp³-hybridized carbons (Fsp3) is 0.355. The Balaban J connectivity index is 2.05. The third-order valence-corrected chi connectivity index (χ3v) is 9.05. The summed E-state index contributed by atoms with van der Waals surface area (Å²) in [7, 11) is -4.32. The Hall–Kier alpha value is -3.34. The summed E-state index contributed by atoms with van der Waals surface area (Å²) in [5, 5.41) is 3.47. The monoisotopic (exact) mass is 651 g/mol. The van der Waals surface area contributed by atoms with Crippen LogP contribution in [0.3, 0.4) is 0 Å². The van der Waals surface area contributed by atoms with Gasteiger partial charge >= 0.3 is 0 Å². The van der Waals surface area contributed by atoms with Gasteiger partial charge in [-0.2, -0.15) is 0 Å². The van der Waals surface area contributed by atoms with E-state index in [1.807, 2.05) is 20.8 Å². The molecule has 0 saturated heterocycles. The number of rotatable bonds is 14. The van der Waals surface area contributed by atoms with Crippen LogP contribution in [0.2, 0.25) is 10.0 Å². The van der Waals surface area contributed by atoms with Crippen LogP contribution in [0.5, 0.6) is 5.75 Å². The van der Waals surface area contributed by atoms with Crippen molar-refractivity contribution in [3.8, 4) is 5.75 Å². The van der Waals surface area contributed by atoms with Gasteiger partial charge in [0.2, 0.25) is 11.8 Å². The first-order valence-corrected chi connectivity index (χ1v) is 16.1. The smallest absolute Gasteiger partial charge is 0.264 e. The molecule has 0 aliphatic rings. The molecule has 8 nitrogen and oxygen atoms in total. The Kier molecular flexibility index (Phi) is 12.2. The predicted octanol–water partition coefficient (Wildman–Crippen LogP) is 6.31. The highest BCUT2D eigenvalue weighted by Gasteiger charge is 2.34. The van der Waals surface area contributed by atoms with E-state index in [0.29, 0.717) is 29.5 Å². The molecular weight excluding hydrogens is 616 g/mol. The number of carbonyl (C=O) groups is 2. The number of ether oxygens (including phenoxy) is 1. The van der Waals surface area contributed by atoms with E-state index in [4.69, 9.17) is 27.9 Å². The first-order valence-electron chi connectivity index (χ1n) is 13.9. The third kappa shape index (κ3) is 9.08. The minimum absolute atomic E-state index is 0.0380. The fourth-order valence-electron chi connectivity index (χ4n) is 4.31. The topological polar surface area (TPSA) is 96.0 Å². The van der Waals surface area contributed by atoms with Crippen molar-refractivity contribution in [1.29, 1.82) is 0 Å². The number of anilines is 1.